The van der Waals surface area contributed by atoms with E-state index in [1.54, 1.807) is 4.57 Å². The fraction of sp³-hybridized carbons (Fsp3) is 0.154. The van der Waals surface area contributed by atoms with Gasteiger partial charge in [0.1, 0.15) is 6.54 Å². The van der Waals surface area contributed by atoms with Crippen LogP contribution in [0.2, 0.25) is 0 Å². The fourth-order valence-corrected chi connectivity index (χ4v) is 1.79. The number of carbonyl (C=O) groups is 1. The van der Waals surface area contributed by atoms with Crippen LogP contribution in [0.15, 0.2) is 42.6 Å². The Morgan fingerprint density at radius 1 is 1.31 bits per heavy atom. The zero-order valence-corrected chi connectivity index (χ0v) is 9.05. The van der Waals surface area contributed by atoms with E-state index in [1.807, 2.05) is 49.5 Å². The van der Waals surface area contributed by atoms with Crippen molar-refractivity contribution in [1.29, 1.82) is 0 Å². The van der Waals surface area contributed by atoms with Crippen LogP contribution in [0.4, 0.5) is 0 Å². The predicted octanol–water partition coefficient (Wildman–Crippen LogP) is 2.55. The Hall–Kier alpha value is -2.03. The van der Waals surface area contributed by atoms with Crippen LogP contribution in [0, 0.1) is 6.92 Å². The maximum Gasteiger partial charge on any atom is 0.323 e. The van der Waals surface area contributed by atoms with Crippen molar-refractivity contribution in [3.05, 3.63) is 48.2 Å². The average molecular weight is 215 g/mol. The zero-order chi connectivity index (χ0) is 11.5. The molecule has 0 spiro atoms. The van der Waals surface area contributed by atoms with Crippen molar-refractivity contribution >= 4 is 5.97 Å². The van der Waals surface area contributed by atoms with Crippen LogP contribution in [-0.4, -0.2) is 15.6 Å². The van der Waals surface area contributed by atoms with Crippen LogP contribution in [-0.2, 0) is 11.3 Å². The minimum absolute atomic E-state index is 0.00192. The highest BCUT2D eigenvalue weighted by Crippen LogP contribution is 2.21. The first kappa shape index (κ1) is 10.5. The molecule has 0 aliphatic heterocycles. The number of rotatable bonds is 3. The zero-order valence-electron chi connectivity index (χ0n) is 9.05. The highest BCUT2D eigenvalue weighted by molar-refractivity contribution is 5.69. The number of carboxylic acids is 1. The number of nitrogens with zero attached hydrogens (tertiary/aromatic N) is 1. The summed E-state index contributed by atoms with van der Waals surface area (Å²) >= 11 is 0. The summed E-state index contributed by atoms with van der Waals surface area (Å²) in [5.74, 6) is -0.826. The van der Waals surface area contributed by atoms with Gasteiger partial charge in [-0.3, -0.25) is 4.79 Å². The summed E-state index contributed by atoms with van der Waals surface area (Å²) in [4.78, 5) is 10.7. The molecule has 16 heavy (non-hydrogen) atoms. The van der Waals surface area contributed by atoms with Crippen molar-refractivity contribution in [3.8, 4) is 11.3 Å². The van der Waals surface area contributed by atoms with Gasteiger partial charge < -0.3 is 9.67 Å². The minimum Gasteiger partial charge on any atom is -0.480 e. The standard InChI is InChI=1S/C13H13NO2/c1-10-7-12(11-5-3-2-4-6-11)14(8-10)9-13(15)16/h2-8H,9H2,1H3,(H,15,16). The van der Waals surface area contributed by atoms with Gasteiger partial charge in [-0.1, -0.05) is 30.3 Å². The van der Waals surface area contributed by atoms with Gasteiger partial charge in [0.15, 0.2) is 0 Å². The molecule has 3 nitrogen and oxygen atoms in total. The van der Waals surface area contributed by atoms with E-state index >= 15 is 0 Å². The van der Waals surface area contributed by atoms with Crippen molar-refractivity contribution in [2.24, 2.45) is 0 Å². The van der Waals surface area contributed by atoms with Gasteiger partial charge >= 0.3 is 5.97 Å². The van der Waals surface area contributed by atoms with Gasteiger partial charge in [0.25, 0.3) is 0 Å². The van der Waals surface area contributed by atoms with Crippen LogP contribution in [0.1, 0.15) is 5.56 Å². The number of carboxylic acid groups (broad SMARTS) is 1. The predicted molar refractivity (Wildman–Crippen MR) is 62.2 cm³/mol. The third-order valence-electron chi connectivity index (χ3n) is 2.41. The van der Waals surface area contributed by atoms with Gasteiger partial charge in [0.2, 0.25) is 0 Å². The first-order chi connectivity index (χ1) is 7.66. The number of aliphatic carboxylic acids is 1. The van der Waals surface area contributed by atoms with E-state index in [9.17, 15) is 4.79 Å². The molecule has 0 fully saturated rings. The highest BCUT2D eigenvalue weighted by atomic mass is 16.4. The lowest BCUT2D eigenvalue weighted by atomic mass is 10.1. The van der Waals surface area contributed by atoms with E-state index in [0.29, 0.717) is 0 Å². The molecule has 0 bridgehead atoms. The molecule has 2 rings (SSSR count). The maximum absolute atomic E-state index is 10.7. The molecule has 2 aromatic rings. The molecule has 1 aromatic carbocycles. The Labute approximate surface area is 94.0 Å². The van der Waals surface area contributed by atoms with E-state index in [1.165, 1.54) is 0 Å². The molecule has 1 heterocycles. The van der Waals surface area contributed by atoms with Gasteiger partial charge in [-0.15, -0.1) is 0 Å². The fourth-order valence-electron chi connectivity index (χ4n) is 1.79. The van der Waals surface area contributed by atoms with Crippen LogP contribution in [0.5, 0.6) is 0 Å². The molecule has 1 aromatic heterocycles. The van der Waals surface area contributed by atoms with Crippen molar-refractivity contribution in [2.45, 2.75) is 13.5 Å². The van der Waals surface area contributed by atoms with Gasteiger partial charge in [-0.05, 0) is 24.1 Å². The Bertz CT molecular complexity index is 500. The summed E-state index contributed by atoms with van der Waals surface area (Å²) in [7, 11) is 0. The lowest BCUT2D eigenvalue weighted by molar-refractivity contribution is -0.137. The second-order valence-corrected chi connectivity index (χ2v) is 3.79. The molecule has 0 saturated heterocycles. The molecule has 0 amide bonds. The Kier molecular flexibility index (Phi) is 2.77. The molecule has 0 saturated carbocycles. The first-order valence-corrected chi connectivity index (χ1v) is 5.11. The van der Waals surface area contributed by atoms with Gasteiger partial charge in [-0.25, -0.2) is 0 Å². The first-order valence-electron chi connectivity index (χ1n) is 5.11. The lowest BCUT2D eigenvalue weighted by Crippen LogP contribution is -2.08. The molecule has 0 aliphatic rings. The largest absolute Gasteiger partial charge is 0.480 e. The maximum atomic E-state index is 10.7. The lowest BCUT2D eigenvalue weighted by Gasteiger charge is -2.05. The third-order valence-corrected chi connectivity index (χ3v) is 2.41. The summed E-state index contributed by atoms with van der Waals surface area (Å²) in [5, 5.41) is 8.83. The van der Waals surface area contributed by atoms with E-state index in [2.05, 4.69) is 0 Å². The van der Waals surface area contributed by atoms with Crippen molar-refractivity contribution in [3.63, 3.8) is 0 Å². The van der Waals surface area contributed by atoms with Crippen LogP contribution >= 0.6 is 0 Å². The number of aromatic nitrogens is 1. The third kappa shape index (κ3) is 2.14. The minimum atomic E-state index is -0.826. The summed E-state index contributed by atoms with van der Waals surface area (Å²) in [6, 6.07) is 11.8. The Morgan fingerprint density at radius 2 is 2.00 bits per heavy atom. The van der Waals surface area contributed by atoms with Crippen molar-refractivity contribution in [2.75, 3.05) is 0 Å². The van der Waals surface area contributed by atoms with Crippen molar-refractivity contribution in [1.82, 2.24) is 4.57 Å². The SMILES string of the molecule is Cc1cc(-c2ccccc2)n(CC(=O)O)c1. The number of hydrogen-bond donors (Lipinski definition) is 1. The number of aryl methyl sites for hydroxylation is 1. The molecule has 82 valence electrons. The van der Waals surface area contributed by atoms with E-state index in [-0.39, 0.29) is 6.54 Å². The second kappa shape index (κ2) is 4.23. The topological polar surface area (TPSA) is 42.2 Å². The van der Waals surface area contributed by atoms with Crippen molar-refractivity contribution < 1.29 is 9.90 Å². The van der Waals surface area contributed by atoms with Gasteiger partial charge in [-0.2, -0.15) is 0 Å². The highest BCUT2D eigenvalue weighted by Gasteiger charge is 2.08. The quantitative estimate of drug-likeness (QED) is 0.854. The van der Waals surface area contributed by atoms with Gasteiger partial charge in [0.05, 0.1) is 0 Å². The molecule has 0 aliphatic carbocycles. The monoisotopic (exact) mass is 215 g/mol. The van der Waals surface area contributed by atoms with E-state index < -0.39 is 5.97 Å². The smallest absolute Gasteiger partial charge is 0.323 e. The van der Waals surface area contributed by atoms with E-state index in [4.69, 9.17) is 5.11 Å². The second-order valence-electron chi connectivity index (χ2n) is 3.79. The molecule has 1 N–H and O–H groups in total. The average Bonchev–Trinajstić information content (AvgIpc) is 2.60. The summed E-state index contributed by atoms with van der Waals surface area (Å²) < 4.78 is 1.76. The number of hydrogen-bond acceptors (Lipinski definition) is 1. The Morgan fingerprint density at radius 3 is 2.62 bits per heavy atom. The summed E-state index contributed by atoms with van der Waals surface area (Å²) in [5.41, 5.74) is 3.05. The van der Waals surface area contributed by atoms with Crippen LogP contribution in [0.25, 0.3) is 11.3 Å². The summed E-state index contributed by atoms with van der Waals surface area (Å²) in [6.07, 6.45) is 1.86. The molecular formula is C13H13NO2. The van der Waals surface area contributed by atoms with Crippen LogP contribution < -0.4 is 0 Å². The molecule has 0 atom stereocenters. The Balaban J connectivity index is 2.44. The van der Waals surface area contributed by atoms with Crippen LogP contribution in [0.3, 0.4) is 0 Å². The number of benzene rings is 1. The normalized spacial score (nSPS) is 10.3. The van der Waals surface area contributed by atoms with Gasteiger partial charge in [0, 0.05) is 11.9 Å². The molecule has 3 heteroatoms. The summed E-state index contributed by atoms with van der Waals surface area (Å²) in [6.45, 7) is 1.96. The molecule has 0 radical (unpaired) electrons. The van der Waals surface area contributed by atoms with E-state index in [0.717, 1.165) is 16.8 Å². The molecule has 0 unspecified atom stereocenters. The molecular weight excluding hydrogens is 202 g/mol.